The Labute approximate surface area is 120 Å². The molecular formula is C15H21N5. The Morgan fingerprint density at radius 1 is 1.20 bits per heavy atom. The van der Waals surface area contributed by atoms with Crippen molar-refractivity contribution in [2.45, 2.75) is 20.4 Å². The molecule has 0 amide bonds. The third kappa shape index (κ3) is 4.19. The Morgan fingerprint density at radius 2 is 1.95 bits per heavy atom. The van der Waals surface area contributed by atoms with Crippen molar-refractivity contribution in [1.82, 2.24) is 15.2 Å². The molecule has 0 aliphatic rings. The first-order valence-corrected chi connectivity index (χ1v) is 6.84. The van der Waals surface area contributed by atoms with Gasteiger partial charge in [0.05, 0.1) is 6.20 Å². The number of benzene rings is 1. The van der Waals surface area contributed by atoms with Crippen LogP contribution in [0.4, 0.5) is 11.8 Å². The van der Waals surface area contributed by atoms with E-state index < -0.39 is 0 Å². The Bertz CT molecular complexity index is 527. The second-order valence-corrected chi connectivity index (χ2v) is 5.26. The number of hydrogen-bond donors (Lipinski definition) is 1. The molecule has 2 aromatic rings. The second kappa shape index (κ2) is 6.84. The van der Waals surface area contributed by atoms with E-state index in [0.717, 1.165) is 18.9 Å². The third-order valence-electron chi connectivity index (χ3n) is 2.84. The zero-order valence-electron chi connectivity index (χ0n) is 12.2. The van der Waals surface area contributed by atoms with Gasteiger partial charge in [-0.05, 0) is 11.5 Å². The van der Waals surface area contributed by atoms with Gasteiger partial charge >= 0.3 is 0 Å². The van der Waals surface area contributed by atoms with E-state index in [0.29, 0.717) is 11.9 Å². The number of nitrogens with one attached hydrogen (secondary N) is 1. The van der Waals surface area contributed by atoms with Gasteiger partial charge in [-0.15, -0.1) is 5.10 Å². The van der Waals surface area contributed by atoms with Crippen LogP contribution in [0, 0.1) is 5.92 Å². The molecule has 2 rings (SSSR count). The van der Waals surface area contributed by atoms with E-state index in [-0.39, 0.29) is 0 Å². The molecule has 5 heteroatoms. The predicted molar refractivity (Wildman–Crippen MR) is 81.7 cm³/mol. The minimum absolute atomic E-state index is 0.565. The first-order valence-electron chi connectivity index (χ1n) is 6.84. The summed E-state index contributed by atoms with van der Waals surface area (Å²) in [5.41, 5.74) is 1.22. The van der Waals surface area contributed by atoms with E-state index in [1.807, 2.05) is 30.1 Å². The lowest BCUT2D eigenvalue weighted by atomic mass is 10.2. The molecule has 0 radical (unpaired) electrons. The summed E-state index contributed by atoms with van der Waals surface area (Å²) >= 11 is 0. The monoisotopic (exact) mass is 271 g/mol. The third-order valence-corrected chi connectivity index (χ3v) is 2.84. The van der Waals surface area contributed by atoms with Crippen LogP contribution in [0.1, 0.15) is 19.4 Å². The van der Waals surface area contributed by atoms with Crippen LogP contribution in [-0.2, 0) is 6.54 Å². The Balaban J connectivity index is 2.02. The molecule has 0 saturated carbocycles. The zero-order chi connectivity index (χ0) is 14.4. The van der Waals surface area contributed by atoms with Crippen LogP contribution in [0.5, 0.6) is 0 Å². The van der Waals surface area contributed by atoms with Crippen molar-refractivity contribution >= 4 is 11.8 Å². The van der Waals surface area contributed by atoms with Crippen LogP contribution in [0.25, 0.3) is 0 Å². The van der Waals surface area contributed by atoms with Crippen molar-refractivity contribution in [1.29, 1.82) is 0 Å². The van der Waals surface area contributed by atoms with Crippen molar-refractivity contribution in [3.05, 3.63) is 42.1 Å². The topological polar surface area (TPSA) is 53.9 Å². The summed E-state index contributed by atoms with van der Waals surface area (Å²) in [4.78, 5) is 6.47. The summed E-state index contributed by atoms with van der Waals surface area (Å²) in [5, 5.41) is 11.4. The van der Waals surface area contributed by atoms with Crippen molar-refractivity contribution in [2.24, 2.45) is 5.92 Å². The second-order valence-electron chi connectivity index (χ2n) is 5.26. The minimum Gasteiger partial charge on any atom is -0.368 e. The molecule has 1 heterocycles. The zero-order valence-corrected chi connectivity index (χ0v) is 12.2. The SMILES string of the molecule is CC(C)CNc1cnnc(N(C)Cc2ccccc2)n1. The van der Waals surface area contributed by atoms with E-state index >= 15 is 0 Å². The van der Waals surface area contributed by atoms with Gasteiger partial charge in [-0.3, -0.25) is 0 Å². The molecular weight excluding hydrogens is 250 g/mol. The van der Waals surface area contributed by atoms with Gasteiger partial charge in [0.25, 0.3) is 0 Å². The summed E-state index contributed by atoms with van der Waals surface area (Å²) in [6, 6.07) is 10.2. The normalized spacial score (nSPS) is 10.6. The van der Waals surface area contributed by atoms with Crippen molar-refractivity contribution in [2.75, 3.05) is 23.8 Å². The fourth-order valence-electron chi connectivity index (χ4n) is 1.78. The van der Waals surface area contributed by atoms with E-state index in [4.69, 9.17) is 0 Å². The predicted octanol–water partition coefficient (Wildman–Crippen LogP) is 2.58. The molecule has 0 aliphatic carbocycles. The van der Waals surface area contributed by atoms with Gasteiger partial charge in [-0.1, -0.05) is 44.2 Å². The van der Waals surface area contributed by atoms with Gasteiger partial charge in [0, 0.05) is 20.1 Å². The maximum absolute atomic E-state index is 4.48. The average Bonchev–Trinajstić information content (AvgIpc) is 2.46. The lowest BCUT2D eigenvalue weighted by Crippen LogP contribution is -2.20. The molecule has 0 fully saturated rings. The number of anilines is 2. The highest BCUT2D eigenvalue weighted by Crippen LogP contribution is 2.11. The molecule has 1 aromatic carbocycles. The Morgan fingerprint density at radius 3 is 2.65 bits per heavy atom. The van der Waals surface area contributed by atoms with E-state index in [1.54, 1.807) is 6.20 Å². The van der Waals surface area contributed by atoms with Crippen molar-refractivity contribution < 1.29 is 0 Å². The van der Waals surface area contributed by atoms with Gasteiger partial charge in [-0.25, -0.2) is 0 Å². The molecule has 0 atom stereocenters. The van der Waals surface area contributed by atoms with Gasteiger partial charge in [0.15, 0.2) is 5.82 Å². The largest absolute Gasteiger partial charge is 0.368 e. The number of aromatic nitrogens is 3. The Hall–Kier alpha value is -2.17. The number of hydrogen-bond acceptors (Lipinski definition) is 5. The summed E-state index contributed by atoms with van der Waals surface area (Å²) in [6.45, 7) is 5.95. The fraction of sp³-hybridized carbons (Fsp3) is 0.400. The maximum atomic E-state index is 4.48. The summed E-state index contributed by atoms with van der Waals surface area (Å²) in [6.07, 6.45) is 1.65. The average molecular weight is 271 g/mol. The van der Waals surface area contributed by atoms with E-state index in [9.17, 15) is 0 Å². The molecule has 0 spiro atoms. The van der Waals surface area contributed by atoms with Gasteiger partial charge in [0.2, 0.25) is 5.95 Å². The number of rotatable bonds is 6. The van der Waals surface area contributed by atoms with Gasteiger partial charge < -0.3 is 10.2 Å². The van der Waals surface area contributed by atoms with Crippen LogP contribution < -0.4 is 10.2 Å². The van der Waals surface area contributed by atoms with Crippen LogP contribution in [0.3, 0.4) is 0 Å². The minimum atomic E-state index is 0.565. The molecule has 0 bridgehead atoms. The van der Waals surface area contributed by atoms with Gasteiger partial charge in [-0.2, -0.15) is 10.1 Å². The van der Waals surface area contributed by atoms with Crippen LogP contribution in [0.2, 0.25) is 0 Å². The molecule has 1 N–H and O–H groups in total. The number of nitrogens with zero attached hydrogens (tertiary/aromatic N) is 4. The molecule has 106 valence electrons. The first-order chi connectivity index (χ1) is 9.65. The summed E-state index contributed by atoms with van der Waals surface area (Å²) in [5.74, 6) is 1.96. The highest BCUT2D eigenvalue weighted by Gasteiger charge is 2.07. The van der Waals surface area contributed by atoms with Crippen LogP contribution in [-0.4, -0.2) is 28.8 Å². The molecule has 0 aliphatic heterocycles. The lowest BCUT2D eigenvalue weighted by Gasteiger charge is -2.17. The first kappa shape index (κ1) is 14.2. The molecule has 1 aromatic heterocycles. The van der Waals surface area contributed by atoms with Crippen molar-refractivity contribution in [3.8, 4) is 0 Å². The molecule has 5 nitrogen and oxygen atoms in total. The lowest BCUT2D eigenvalue weighted by molar-refractivity contribution is 0.685. The molecule has 20 heavy (non-hydrogen) atoms. The highest BCUT2D eigenvalue weighted by atomic mass is 15.3. The van der Waals surface area contributed by atoms with E-state index in [2.05, 4.69) is 46.5 Å². The van der Waals surface area contributed by atoms with Crippen LogP contribution in [0.15, 0.2) is 36.5 Å². The Kier molecular flexibility index (Phi) is 4.87. The quantitative estimate of drug-likeness (QED) is 0.875. The molecule has 0 unspecified atom stereocenters. The molecule has 0 saturated heterocycles. The standard InChI is InChI=1S/C15H21N5/c1-12(2)9-16-14-10-17-19-15(18-14)20(3)11-13-7-5-4-6-8-13/h4-8,10,12H,9,11H2,1-3H3,(H,16,18,19). The van der Waals surface area contributed by atoms with Crippen molar-refractivity contribution in [3.63, 3.8) is 0 Å². The smallest absolute Gasteiger partial charge is 0.247 e. The highest BCUT2D eigenvalue weighted by molar-refractivity contribution is 5.39. The summed E-state index contributed by atoms with van der Waals surface area (Å²) in [7, 11) is 1.97. The van der Waals surface area contributed by atoms with Crippen LogP contribution >= 0.6 is 0 Å². The summed E-state index contributed by atoms with van der Waals surface area (Å²) < 4.78 is 0. The van der Waals surface area contributed by atoms with E-state index in [1.165, 1.54) is 5.56 Å². The van der Waals surface area contributed by atoms with Gasteiger partial charge in [0.1, 0.15) is 0 Å². The maximum Gasteiger partial charge on any atom is 0.247 e. The fourth-order valence-corrected chi connectivity index (χ4v) is 1.78.